The quantitative estimate of drug-likeness (QED) is 0.522. The van der Waals surface area contributed by atoms with E-state index in [0.29, 0.717) is 12.3 Å². The summed E-state index contributed by atoms with van der Waals surface area (Å²) >= 11 is 1.53. The normalized spacial score (nSPS) is 15.1. The maximum atomic E-state index is 12.8. The zero-order chi connectivity index (χ0) is 19.6. The van der Waals surface area contributed by atoms with Gasteiger partial charge in [-0.25, -0.2) is 4.98 Å². The van der Waals surface area contributed by atoms with Crippen LogP contribution in [0.25, 0.3) is 16.3 Å². The first-order chi connectivity index (χ1) is 14.3. The molecule has 8 heteroatoms. The fraction of sp³-hybridized carbons (Fsp3) is 0.286. The summed E-state index contributed by atoms with van der Waals surface area (Å²) in [5.74, 6) is 1.45. The van der Waals surface area contributed by atoms with Crippen molar-refractivity contribution in [3.8, 4) is 10.7 Å². The van der Waals surface area contributed by atoms with Crippen molar-refractivity contribution in [2.45, 2.75) is 25.2 Å². The molecule has 0 unspecified atom stereocenters. The highest BCUT2D eigenvalue weighted by Crippen LogP contribution is 2.28. The minimum atomic E-state index is 0.132. The Balaban J connectivity index is 1.21. The van der Waals surface area contributed by atoms with E-state index in [1.165, 1.54) is 11.3 Å². The van der Waals surface area contributed by atoms with Crippen LogP contribution in [0.4, 0.5) is 0 Å². The molecule has 29 heavy (non-hydrogen) atoms. The van der Waals surface area contributed by atoms with Crippen molar-refractivity contribution in [3.63, 3.8) is 0 Å². The van der Waals surface area contributed by atoms with E-state index in [2.05, 4.69) is 24.6 Å². The maximum Gasteiger partial charge on any atom is 0.228 e. The highest BCUT2D eigenvalue weighted by atomic mass is 32.1. The summed E-state index contributed by atoms with van der Waals surface area (Å²) in [7, 11) is 0. The summed E-state index contributed by atoms with van der Waals surface area (Å²) < 4.78 is 2.05. The molecule has 1 fully saturated rings. The average Bonchev–Trinajstić information content (AvgIpc) is 3.42. The number of hydrogen-bond acceptors (Lipinski definition) is 6. The van der Waals surface area contributed by atoms with Gasteiger partial charge in [0.25, 0.3) is 0 Å². The van der Waals surface area contributed by atoms with Crippen LogP contribution < -0.4 is 0 Å². The van der Waals surface area contributed by atoms with Crippen molar-refractivity contribution in [1.29, 1.82) is 0 Å². The molecule has 0 aliphatic carbocycles. The molecule has 5 rings (SSSR count). The smallest absolute Gasteiger partial charge is 0.228 e. The van der Waals surface area contributed by atoms with E-state index in [0.717, 1.165) is 53.8 Å². The van der Waals surface area contributed by atoms with Gasteiger partial charge in [0.15, 0.2) is 5.65 Å². The van der Waals surface area contributed by atoms with Crippen LogP contribution in [-0.4, -0.2) is 48.5 Å². The van der Waals surface area contributed by atoms with Gasteiger partial charge in [-0.05, 0) is 37.1 Å². The van der Waals surface area contributed by atoms with Crippen LogP contribution in [0.3, 0.4) is 0 Å². The number of piperidine rings is 1. The van der Waals surface area contributed by atoms with Crippen LogP contribution in [0.1, 0.15) is 30.3 Å². The number of rotatable bonds is 4. The van der Waals surface area contributed by atoms with Crippen molar-refractivity contribution >= 4 is 22.9 Å². The third kappa shape index (κ3) is 3.63. The Hall–Kier alpha value is -3.13. The number of carbonyl (C=O) groups is 1. The van der Waals surface area contributed by atoms with Crippen LogP contribution in [0.2, 0.25) is 0 Å². The largest absolute Gasteiger partial charge is 0.342 e. The molecule has 1 aliphatic heterocycles. The zero-order valence-corrected chi connectivity index (χ0v) is 16.6. The van der Waals surface area contributed by atoms with Crippen LogP contribution in [0.5, 0.6) is 0 Å². The second-order valence-electron chi connectivity index (χ2n) is 7.18. The van der Waals surface area contributed by atoms with Crippen LogP contribution in [-0.2, 0) is 11.2 Å². The minimum Gasteiger partial charge on any atom is -0.342 e. The summed E-state index contributed by atoms with van der Waals surface area (Å²) in [6, 6.07) is 11.7. The fourth-order valence-corrected chi connectivity index (χ4v) is 4.58. The van der Waals surface area contributed by atoms with Gasteiger partial charge in [-0.3, -0.25) is 14.2 Å². The van der Waals surface area contributed by atoms with E-state index < -0.39 is 0 Å². The SMILES string of the molecule is O=C(Cc1csc(-c2ccccn2)n1)N1CCC(c2nnc3ccccn23)CC1. The molecule has 1 aliphatic rings. The number of aromatic nitrogens is 5. The molecule has 0 radical (unpaired) electrons. The molecule has 7 nitrogen and oxygen atoms in total. The molecule has 0 atom stereocenters. The molecule has 0 aromatic carbocycles. The van der Waals surface area contributed by atoms with E-state index in [1.54, 1.807) is 6.20 Å². The Bertz CT molecular complexity index is 1130. The molecule has 146 valence electrons. The third-order valence-electron chi connectivity index (χ3n) is 5.32. The van der Waals surface area contributed by atoms with Crippen LogP contribution >= 0.6 is 11.3 Å². The third-order valence-corrected chi connectivity index (χ3v) is 6.23. The number of amides is 1. The fourth-order valence-electron chi connectivity index (χ4n) is 3.79. The number of hydrogen-bond donors (Lipinski definition) is 0. The molecule has 1 amide bonds. The topological polar surface area (TPSA) is 76.3 Å². The Morgan fingerprint density at radius 3 is 2.79 bits per heavy atom. The van der Waals surface area contributed by atoms with E-state index in [-0.39, 0.29) is 5.91 Å². The highest BCUT2D eigenvalue weighted by molar-refractivity contribution is 7.13. The summed E-state index contributed by atoms with van der Waals surface area (Å²) in [6.07, 6.45) is 5.89. The van der Waals surface area contributed by atoms with Crippen LogP contribution in [0.15, 0.2) is 54.2 Å². The summed E-state index contributed by atoms with van der Waals surface area (Å²) in [6.45, 7) is 1.48. The summed E-state index contributed by atoms with van der Waals surface area (Å²) in [5.41, 5.74) is 2.53. The number of carbonyl (C=O) groups excluding carboxylic acids is 1. The lowest BCUT2D eigenvalue weighted by atomic mass is 9.95. The maximum absolute atomic E-state index is 12.8. The standard InChI is InChI=1S/C21H20N6OS/c28-19(13-16-14-29-21(23-16)17-5-1-3-9-22-17)26-11-7-15(8-12-26)20-25-24-18-6-2-4-10-27(18)20/h1-6,9-10,14-15H,7-8,11-13H2. The minimum absolute atomic E-state index is 0.132. The Morgan fingerprint density at radius 1 is 1.10 bits per heavy atom. The van der Waals surface area contributed by atoms with Gasteiger partial charge in [0.2, 0.25) is 5.91 Å². The van der Waals surface area contributed by atoms with Crippen LogP contribution in [0, 0.1) is 0 Å². The van der Waals surface area contributed by atoms with Crippen molar-refractivity contribution in [2.75, 3.05) is 13.1 Å². The van der Waals surface area contributed by atoms with Gasteiger partial charge in [-0.2, -0.15) is 0 Å². The van der Waals surface area contributed by atoms with Crippen molar-refractivity contribution in [3.05, 3.63) is 65.7 Å². The lowest BCUT2D eigenvalue weighted by Crippen LogP contribution is -2.39. The zero-order valence-electron chi connectivity index (χ0n) is 15.8. The molecular formula is C21H20N6OS. The molecule has 0 spiro atoms. The molecule has 4 aromatic heterocycles. The molecule has 0 saturated carbocycles. The Kier molecular flexibility index (Phi) is 4.77. The summed E-state index contributed by atoms with van der Waals surface area (Å²) in [4.78, 5) is 23.6. The lowest BCUT2D eigenvalue weighted by molar-refractivity contribution is -0.131. The monoisotopic (exact) mass is 404 g/mol. The average molecular weight is 404 g/mol. The second-order valence-corrected chi connectivity index (χ2v) is 8.04. The molecule has 0 N–H and O–H groups in total. The van der Waals surface area contributed by atoms with E-state index in [1.807, 2.05) is 52.9 Å². The first-order valence-corrected chi connectivity index (χ1v) is 10.6. The molecule has 1 saturated heterocycles. The summed E-state index contributed by atoms with van der Waals surface area (Å²) in [5, 5.41) is 11.4. The lowest BCUT2D eigenvalue weighted by Gasteiger charge is -2.31. The van der Waals surface area contributed by atoms with E-state index in [4.69, 9.17) is 0 Å². The number of pyridine rings is 2. The van der Waals surface area contributed by atoms with Gasteiger partial charge < -0.3 is 4.90 Å². The number of thiazole rings is 1. The molecule has 0 bridgehead atoms. The van der Waals surface area contributed by atoms with Gasteiger partial charge >= 0.3 is 0 Å². The van der Waals surface area contributed by atoms with E-state index >= 15 is 0 Å². The predicted molar refractivity (Wildman–Crippen MR) is 111 cm³/mol. The Morgan fingerprint density at radius 2 is 1.97 bits per heavy atom. The number of fused-ring (bicyclic) bond motifs is 1. The van der Waals surface area contributed by atoms with Gasteiger partial charge in [0.05, 0.1) is 17.8 Å². The first kappa shape index (κ1) is 17.9. The molecule has 5 heterocycles. The highest BCUT2D eigenvalue weighted by Gasteiger charge is 2.27. The van der Waals surface area contributed by atoms with Gasteiger partial charge in [-0.15, -0.1) is 21.5 Å². The molecular weight excluding hydrogens is 384 g/mol. The van der Waals surface area contributed by atoms with Gasteiger partial charge in [0.1, 0.15) is 10.8 Å². The Labute approximate surface area is 172 Å². The van der Waals surface area contributed by atoms with Crippen molar-refractivity contribution in [1.82, 2.24) is 29.5 Å². The van der Waals surface area contributed by atoms with Crippen molar-refractivity contribution < 1.29 is 4.79 Å². The van der Waals surface area contributed by atoms with Gasteiger partial charge in [0, 0.05) is 36.8 Å². The van der Waals surface area contributed by atoms with Crippen molar-refractivity contribution in [2.24, 2.45) is 0 Å². The number of likely N-dealkylation sites (tertiary alicyclic amines) is 1. The first-order valence-electron chi connectivity index (χ1n) is 9.71. The van der Waals surface area contributed by atoms with Gasteiger partial charge in [-0.1, -0.05) is 12.1 Å². The second kappa shape index (κ2) is 7.71. The number of nitrogens with zero attached hydrogens (tertiary/aromatic N) is 6. The molecule has 4 aromatic rings. The predicted octanol–water partition coefficient (Wildman–Crippen LogP) is 3.20. The van der Waals surface area contributed by atoms with E-state index in [9.17, 15) is 4.79 Å².